The van der Waals surface area contributed by atoms with Crippen LogP contribution in [0.2, 0.25) is 5.02 Å². The Labute approximate surface area is 293 Å². The molecule has 1 atom stereocenters. The highest BCUT2D eigenvalue weighted by molar-refractivity contribution is 7.92. The zero-order valence-electron chi connectivity index (χ0n) is 27.8. The molecule has 2 amide bonds. The van der Waals surface area contributed by atoms with Gasteiger partial charge in [-0.15, -0.1) is 0 Å². The number of benzene rings is 4. The minimum Gasteiger partial charge on any atom is -0.493 e. The molecule has 1 fully saturated rings. The number of nitrogens with one attached hydrogen (secondary N) is 1. The number of hydrogen-bond donors (Lipinski definition) is 1. The van der Waals surface area contributed by atoms with Crippen LogP contribution in [0.4, 0.5) is 5.69 Å². The van der Waals surface area contributed by atoms with Crippen LogP contribution in [-0.2, 0) is 32.6 Å². The Morgan fingerprint density at radius 2 is 1.47 bits per heavy atom. The molecule has 9 nitrogen and oxygen atoms in total. The normalized spacial score (nSPS) is 14.0. The summed E-state index contributed by atoms with van der Waals surface area (Å²) < 4.78 is 40.5. The Balaban J connectivity index is 1.57. The first-order valence-electron chi connectivity index (χ1n) is 16.4. The zero-order valence-corrected chi connectivity index (χ0v) is 29.3. The number of halogens is 1. The van der Waals surface area contributed by atoms with E-state index < -0.39 is 28.5 Å². The highest BCUT2D eigenvalue weighted by Gasteiger charge is 2.36. The maximum atomic E-state index is 14.7. The summed E-state index contributed by atoms with van der Waals surface area (Å²) in [6, 6.07) is 28.4. The smallest absolute Gasteiger partial charge is 0.264 e. The third kappa shape index (κ3) is 8.93. The van der Waals surface area contributed by atoms with Crippen molar-refractivity contribution >= 4 is 39.1 Å². The van der Waals surface area contributed by atoms with Crippen LogP contribution in [0.1, 0.15) is 43.2 Å². The molecule has 1 N–H and O–H groups in total. The van der Waals surface area contributed by atoms with Gasteiger partial charge in [0, 0.05) is 30.1 Å². The SMILES string of the molecule is COc1ccc(S(=O)(=O)N(CC(=O)N(Cc2ccccc2Cl)[C@H](Cc2ccccc2)C(=O)NC2CCCCC2)c2ccccc2)cc1OC. The van der Waals surface area contributed by atoms with Crippen LogP contribution in [0, 0.1) is 0 Å². The molecule has 11 heteroatoms. The topological polar surface area (TPSA) is 105 Å². The van der Waals surface area contributed by atoms with Gasteiger partial charge in [-0.1, -0.05) is 97.6 Å². The lowest BCUT2D eigenvalue weighted by molar-refractivity contribution is -0.140. The second-order valence-corrected chi connectivity index (χ2v) is 14.3. The second-order valence-electron chi connectivity index (χ2n) is 12.0. The van der Waals surface area contributed by atoms with Gasteiger partial charge in [0.15, 0.2) is 11.5 Å². The summed E-state index contributed by atoms with van der Waals surface area (Å²) in [5.74, 6) is -0.259. The van der Waals surface area contributed by atoms with Gasteiger partial charge in [0.1, 0.15) is 12.6 Å². The van der Waals surface area contributed by atoms with Crippen molar-refractivity contribution in [2.45, 2.75) is 62.0 Å². The Bertz CT molecular complexity index is 1820. The number of hydrogen-bond acceptors (Lipinski definition) is 6. The van der Waals surface area contributed by atoms with Crippen molar-refractivity contribution in [2.24, 2.45) is 0 Å². The molecule has 4 aromatic carbocycles. The van der Waals surface area contributed by atoms with Gasteiger partial charge in [0.05, 0.1) is 24.8 Å². The number of methoxy groups -OCH3 is 2. The van der Waals surface area contributed by atoms with E-state index in [-0.39, 0.29) is 41.2 Å². The van der Waals surface area contributed by atoms with Gasteiger partial charge in [0.25, 0.3) is 10.0 Å². The molecule has 4 aromatic rings. The van der Waals surface area contributed by atoms with Crippen LogP contribution >= 0.6 is 11.6 Å². The Morgan fingerprint density at radius 3 is 2.12 bits per heavy atom. The molecule has 0 aromatic heterocycles. The lowest BCUT2D eigenvalue weighted by atomic mass is 9.94. The fraction of sp³-hybridized carbons (Fsp3) is 0.316. The molecule has 0 spiro atoms. The van der Waals surface area contributed by atoms with Crippen molar-refractivity contribution in [3.63, 3.8) is 0 Å². The predicted octanol–water partition coefficient (Wildman–Crippen LogP) is 6.64. The van der Waals surface area contributed by atoms with E-state index in [1.54, 1.807) is 48.5 Å². The fourth-order valence-electron chi connectivity index (χ4n) is 6.14. The minimum atomic E-state index is -4.33. The monoisotopic (exact) mass is 703 g/mol. The molecule has 0 aliphatic heterocycles. The van der Waals surface area contributed by atoms with E-state index in [0.29, 0.717) is 16.3 Å². The second kappa shape index (κ2) is 16.7. The van der Waals surface area contributed by atoms with Crippen molar-refractivity contribution in [1.82, 2.24) is 10.2 Å². The van der Waals surface area contributed by atoms with Gasteiger partial charge in [-0.2, -0.15) is 0 Å². The summed E-state index contributed by atoms with van der Waals surface area (Å²) in [6.07, 6.45) is 5.14. The molecular weight excluding hydrogens is 662 g/mol. The molecule has 0 unspecified atom stereocenters. The molecule has 0 radical (unpaired) electrons. The van der Waals surface area contributed by atoms with Crippen molar-refractivity contribution in [3.8, 4) is 11.5 Å². The molecule has 1 aliphatic carbocycles. The Kier molecular flexibility index (Phi) is 12.2. The minimum absolute atomic E-state index is 0.00281. The number of sulfonamides is 1. The van der Waals surface area contributed by atoms with Crippen molar-refractivity contribution in [1.29, 1.82) is 0 Å². The third-order valence-corrected chi connectivity index (χ3v) is 10.9. The van der Waals surface area contributed by atoms with Crippen LogP contribution in [0.15, 0.2) is 108 Å². The number of ether oxygens (including phenoxy) is 2. The van der Waals surface area contributed by atoms with Crippen LogP contribution in [-0.4, -0.2) is 58.0 Å². The molecule has 0 saturated heterocycles. The van der Waals surface area contributed by atoms with Crippen LogP contribution in [0.25, 0.3) is 0 Å². The van der Waals surface area contributed by atoms with Gasteiger partial charge in [0.2, 0.25) is 11.8 Å². The highest BCUT2D eigenvalue weighted by Crippen LogP contribution is 2.32. The van der Waals surface area contributed by atoms with E-state index in [1.165, 1.54) is 37.3 Å². The van der Waals surface area contributed by atoms with Crippen molar-refractivity contribution < 1.29 is 27.5 Å². The van der Waals surface area contributed by atoms with Crippen molar-refractivity contribution in [3.05, 3.63) is 119 Å². The lowest BCUT2D eigenvalue weighted by Crippen LogP contribution is -2.55. The van der Waals surface area contributed by atoms with Gasteiger partial charge in [-0.05, 0) is 54.3 Å². The molecule has 258 valence electrons. The maximum Gasteiger partial charge on any atom is 0.264 e. The molecule has 1 aliphatic rings. The summed E-state index contributed by atoms with van der Waals surface area (Å²) >= 11 is 6.61. The fourth-order valence-corrected chi connectivity index (χ4v) is 7.76. The lowest BCUT2D eigenvalue weighted by Gasteiger charge is -2.35. The summed E-state index contributed by atoms with van der Waals surface area (Å²) in [6.45, 7) is -0.583. The van der Waals surface area contributed by atoms with Crippen LogP contribution in [0.3, 0.4) is 0 Å². The van der Waals surface area contributed by atoms with E-state index >= 15 is 0 Å². The summed E-state index contributed by atoms with van der Waals surface area (Å²) in [7, 11) is -1.44. The van der Waals surface area contributed by atoms with Gasteiger partial charge < -0.3 is 19.7 Å². The molecule has 49 heavy (non-hydrogen) atoms. The predicted molar refractivity (Wildman–Crippen MR) is 191 cm³/mol. The first-order valence-corrected chi connectivity index (χ1v) is 18.2. The molecule has 0 heterocycles. The standard InChI is InChI=1S/C38H42ClN3O6S/c1-47-35-23-22-32(25-36(35)48-2)49(45,46)42(31-19-10-5-11-20-31)27-37(43)41(26-29-16-12-13-21-33(29)39)34(24-28-14-6-3-7-15-28)38(44)40-30-17-8-4-9-18-30/h3,5-7,10-16,19-23,25,30,34H,4,8-9,17-18,24,26-27H2,1-2H3,(H,40,44)/t34-/m1/s1. The Morgan fingerprint density at radius 1 is 0.837 bits per heavy atom. The van der Waals surface area contributed by atoms with Crippen molar-refractivity contribution in [2.75, 3.05) is 25.1 Å². The molecule has 5 rings (SSSR count). The van der Waals surface area contributed by atoms with E-state index in [1.807, 2.05) is 36.4 Å². The molecule has 1 saturated carbocycles. The number of carbonyl (C=O) groups excluding carboxylic acids is 2. The Hall–Kier alpha value is -4.54. The summed E-state index contributed by atoms with van der Waals surface area (Å²) in [5, 5.41) is 3.65. The largest absolute Gasteiger partial charge is 0.493 e. The number of nitrogens with zero attached hydrogens (tertiary/aromatic N) is 2. The van der Waals surface area contributed by atoms with E-state index in [0.717, 1.165) is 42.0 Å². The summed E-state index contributed by atoms with van der Waals surface area (Å²) in [4.78, 5) is 30.3. The third-order valence-electron chi connectivity index (χ3n) is 8.79. The summed E-state index contributed by atoms with van der Waals surface area (Å²) in [5.41, 5.74) is 1.78. The number of amides is 2. The number of rotatable bonds is 14. The highest BCUT2D eigenvalue weighted by atomic mass is 35.5. The van der Waals surface area contributed by atoms with Gasteiger partial charge in [-0.3, -0.25) is 13.9 Å². The zero-order chi connectivity index (χ0) is 34.8. The number of carbonyl (C=O) groups is 2. The first-order chi connectivity index (χ1) is 23.7. The first kappa shape index (κ1) is 35.8. The van der Waals surface area contributed by atoms with E-state index in [9.17, 15) is 18.0 Å². The maximum absolute atomic E-state index is 14.7. The van der Waals surface area contributed by atoms with E-state index in [2.05, 4.69) is 5.32 Å². The molecular formula is C38H42ClN3O6S. The van der Waals surface area contributed by atoms with E-state index in [4.69, 9.17) is 21.1 Å². The van der Waals surface area contributed by atoms with Crippen LogP contribution in [0.5, 0.6) is 11.5 Å². The number of para-hydroxylation sites is 1. The van der Waals surface area contributed by atoms with Crippen LogP contribution < -0.4 is 19.1 Å². The average Bonchev–Trinajstić information content (AvgIpc) is 3.13. The van der Waals surface area contributed by atoms with Gasteiger partial charge in [-0.25, -0.2) is 8.42 Å². The average molecular weight is 704 g/mol. The molecule has 0 bridgehead atoms. The van der Waals surface area contributed by atoms with Gasteiger partial charge >= 0.3 is 0 Å². The quantitative estimate of drug-likeness (QED) is 0.158. The number of anilines is 1.